The number of hydrogen-bond acceptors (Lipinski definition) is 2. The van der Waals surface area contributed by atoms with Crippen LogP contribution in [0.1, 0.15) is 31.2 Å². The Morgan fingerprint density at radius 1 is 1.35 bits per heavy atom. The third-order valence-electron chi connectivity index (χ3n) is 3.74. The van der Waals surface area contributed by atoms with E-state index in [1.807, 2.05) is 12.1 Å². The van der Waals surface area contributed by atoms with E-state index in [9.17, 15) is 5.11 Å². The fourth-order valence-corrected chi connectivity index (χ4v) is 3.02. The summed E-state index contributed by atoms with van der Waals surface area (Å²) in [6.45, 7) is 0.530. The van der Waals surface area contributed by atoms with Gasteiger partial charge in [0.25, 0.3) is 0 Å². The van der Waals surface area contributed by atoms with Gasteiger partial charge in [-0.25, -0.2) is 0 Å². The van der Waals surface area contributed by atoms with Crippen LogP contribution in [0.5, 0.6) is 0 Å². The van der Waals surface area contributed by atoms with Crippen molar-refractivity contribution in [2.75, 3.05) is 6.54 Å². The number of aliphatic hydroxyl groups is 1. The average Bonchev–Trinajstić information content (AvgIpc) is 2.32. The van der Waals surface area contributed by atoms with Gasteiger partial charge in [0.05, 0.1) is 16.1 Å². The molecule has 0 aliphatic heterocycles. The molecule has 3 N–H and O–H groups in total. The first-order valence-corrected chi connectivity index (χ1v) is 6.67. The summed E-state index contributed by atoms with van der Waals surface area (Å²) in [4.78, 5) is 0. The van der Waals surface area contributed by atoms with E-state index in [2.05, 4.69) is 0 Å². The summed E-state index contributed by atoms with van der Waals surface area (Å²) in [5.74, 6) is 0. The van der Waals surface area contributed by atoms with E-state index in [0.29, 0.717) is 23.0 Å². The van der Waals surface area contributed by atoms with Crippen LogP contribution in [0.3, 0.4) is 0 Å². The number of hydrogen-bond donors (Lipinski definition) is 2. The lowest BCUT2D eigenvalue weighted by Gasteiger charge is -2.39. The molecule has 0 aromatic heterocycles. The highest BCUT2D eigenvalue weighted by Crippen LogP contribution is 2.40. The monoisotopic (exact) mass is 273 g/mol. The summed E-state index contributed by atoms with van der Waals surface area (Å²) < 4.78 is 0. The molecule has 0 heterocycles. The zero-order valence-corrected chi connectivity index (χ0v) is 11.1. The summed E-state index contributed by atoms with van der Waals surface area (Å²) in [6, 6.07) is 5.66. The van der Waals surface area contributed by atoms with Crippen LogP contribution in [0.25, 0.3) is 0 Å². The molecule has 0 radical (unpaired) electrons. The van der Waals surface area contributed by atoms with Crippen LogP contribution in [0.4, 0.5) is 0 Å². The Morgan fingerprint density at radius 2 is 2.12 bits per heavy atom. The Morgan fingerprint density at radius 3 is 2.71 bits per heavy atom. The smallest absolute Gasteiger partial charge is 0.0595 e. The topological polar surface area (TPSA) is 46.2 Å². The van der Waals surface area contributed by atoms with Crippen molar-refractivity contribution in [1.82, 2.24) is 0 Å². The Labute approximate surface area is 112 Å². The largest absolute Gasteiger partial charge is 0.393 e. The predicted octanol–water partition coefficient (Wildman–Crippen LogP) is 3.12. The molecule has 1 aliphatic rings. The molecular weight excluding hydrogens is 257 g/mol. The summed E-state index contributed by atoms with van der Waals surface area (Å²) >= 11 is 12.0. The van der Waals surface area contributed by atoms with E-state index in [1.165, 1.54) is 0 Å². The first-order chi connectivity index (χ1) is 8.07. The van der Waals surface area contributed by atoms with E-state index in [0.717, 1.165) is 24.8 Å². The predicted molar refractivity (Wildman–Crippen MR) is 71.7 cm³/mol. The minimum Gasteiger partial charge on any atom is -0.393 e. The van der Waals surface area contributed by atoms with Gasteiger partial charge in [-0.3, -0.25) is 0 Å². The lowest BCUT2D eigenvalue weighted by Crippen LogP contribution is -2.41. The lowest BCUT2D eigenvalue weighted by molar-refractivity contribution is 0.0871. The molecule has 1 fully saturated rings. The summed E-state index contributed by atoms with van der Waals surface area (Å²) in [5, 5.41) is 11.0. The molecular formula is C13H17Cl2NO. The molecule has 94 valence electrons. The van der Waals surface area contributed by atoms with Gasteiger partial charge in [-0.2, -0.15) is 0 Å². The van der Waals surface area contributed by atoms with E-state index in [1.54, 1.807) is 6.07 Å². The molecule has 1 aromatic rings. The number of benzene rings is 1. The molecule has 1 saturated carbocycles. The zero-order chi connectivity index (χ0) is 12.5. The van der Waals surface area contributed by atoms with Gasteiger partial charge in [0.1, 0.15) is 0 Å². The van der Waals surface area contributed by atoms with Crippen molar-refractivity contribution in [2.24, 2.45) is 5.73 Å². The van der Waals surface area contributed by atoms with Crippen molar-refractivity contribution in [2.45, 2.75) is 37.2 Å². The van der Waals surface area contributed by atoms with Gasteiger partial charge in [0.2, 0.25) is 0 Å². The molecule has 2 rings (SSSR count). The van der Waals surface area contributed by atoms with Crippen LogP contribution in [0.2, 0.25) is 10.0 Å². The van der Waals surface area contributed by atoms with Crippen LogP contribution in [-0.2, 0) is 5.41 Å². The highest BCUT2D eigenvalue weighted by atomic mass is 35.5. The average molecular weight is 274 g/mol. The van der Waals surface area contributed by atoms with Crippen LogP contribution >= 0.6 is 23.2 Å². The normalized spacial score (nSPS) is 29.3. The quantitative estimate of drug-likeness (QED) is 0.870. The third-order valence-corrected chi connectivity index (χ3v) is 4.48. The second-order valence-corrected chi connectivity index (χ2v) is 5.68. The number of nitrogens with two attached hydrogens (primary N) is 1. The van der Waals surface area contributed by atoms with Crippen molar-refractivity contribution in [3.63, 3.8) is 0 Å². The minimum absolute atomic E-state index is 0.147. The second-order valence-electron chi connectivity index (χ2n) is 4.86. The Kier molecular flexibility index (Phi) is 3.99. The van der Waals surface area contributed by atoms with E-state index >= 15 is 0 Å². The third kappa shape index (κ3) is 2.60. The molecule has 0 saturated heterocycles. The van der Waals surface area contributed by atoms with E-state index in [4.69, 9.17) is 28.9 Å². The maximum atomic E-state index is 9.85. The Balaban J connectivity index is 2.36. The lowest BCUT2D eigenvalue weighted by atomic mass is 9.68. The van der Waals surface area contributed by atoms with Crippen LogP contribution in [0, 0.1) is 0 Å². The molecule has 4 heteroatoms. The molecule has 2 unspecified atom stereocenters. The van der Waals surface area contributed by atoms with Crippen molar-refractivity contribution in [3.05, 3.63) is 33.8 Å². The minimum atomic E-state index is -0.262. The summed E-state index contributed by atoms with van der Waals surface area (Å²) in [5.41, 5.74) is 6.88. The summed E-state index contributed by atoms with van der Waals surface area (Å²) in [6.07, 6.45) is 3.31. The Bertz CT molecular complexity index is 410. The maximum absolute atomic E-state index is 9.85. The van der Waals surface area contributed by atoms with Gasteiger partial charge in [0.15, 0.2) is 0 Å². The molecule has 0 bridgehead atoms. The van der Waals surface area contributed by atoms with Gasteiger partial charge in [-0.05, 0) is 43.4 Å². The molecule has 0 amide bonds. The first-order valence-electron chi connectivity index (χ1n) is 5.91. The van der Waals surface area contributed by atoms with Gasteiger partial charge in [-0.1, -0.05) is 29.3 Å². The van der Waals surface area contributed by atoms with E-state index in [-0.39, 0.29) is 11.5 Å². The highest BCUT2D eigenvalue weighted by Gasteiger charge is 2.36. The van der Waals surface area contributed by atoms with Crippen molar-refractivity contribution < 1.29 is 5.11 Å². The molecule has 17 heavy (non-hydrogen) atoms. The molecule has 2 atom stereocenters. The standard InChI is InChI=1S/C13H17Cl2NO/c14-11-4-3-9(6-12(11)15)13(8-16)5-1-2-10(17)7-13/h3-4,6,10,17H,1-2,5,7-8,16H2. The van der Waals surface area contributed by atoms with Gasteiger partial charge < -0.3 is 10.8 Å². The number of aliphatic hydroxyl groups excluding tert-OH is 1. The fourth-order valence-electron chi connectivity index (χ4n) is 2.72. The second kappa shape index (κ2) is 5.15. The SMILES string of the molecule is NCC1(c2ccc(Cl)c(Cl)c2)CCCC(O)C1. The van der Waals surface area contributed by atoms with Crippen molar-refractivity contribution in [1.29, 1.82) is 0 Å². The highest BCUT2D eigenvalue weighted by molar-refractivity contribution is 6.42. The van der Waals surface area contributed by atoms with Crippen LogP contribution in [0.15, 0.2) is 18.2 Å². The first kappa shape index (κ1) is 13.2. The van der Waals surface area contributed by atoms with Gasteiger partial charge in [0, 0.05) is 12.0 Å². The summed E-state index contributed by atoms with van der Waals surface area (Å²) in [7, 11) is 0. The number of halogens is 2. The molecule has 2 nitrogen and oxygen atoms in total. The van der Waals surface area contributed by atoms with Crippen LogP contribution in [-0.4, -0.2) is 17.8 Å². The van der Waals surface area contributed by atoms with Crippen molar-refractivity contribution in [3.8, 4) is 0 Å². The maximum Gasteiger partial charge on any atom is 0.0595 e. The Hall–Kier alpha value is -0.280. The zero-order valence-electron chi connectivity index (χ0n) is 9.63. The molecule has 1 aromatic carbocycles. The van der Waals surface area contributed by atoms with E-state index < -0.39 is 0 Å². The van der Waals surface area contributed by atoms with Crippen molar-refractivity contribution >= 4 is 23.2 Å². The number of rotatable bonds is 2. The van der Waals surface area contributed by atoms with Gasteiger partial charge in [-0.15, -0.1) is 0 Å². The van der Waals surface area contributed by atoms with Crippen LogP contribution < -0.4 is 5.73 Å². The van der Waals surface area contributed by atoms with Gasteiger partial charge >= 0.3 is 0 Å². The molecule has 1 aliphatic carbocycles. The fraction of sp³-hybridized carbons (Fsp3) is 0.538. The molecule has 0 spiro atoms.